The van der Waals surface area contributed by atoms with E-state index in [9.17, 15) is 4.79 Å². The molecule has 2 aromatic rings. The van der Waals surface area contributed by atoms with E-state index in [2.05, 4.69) is 26.2 Å². The SMILES string of the molecule is Cc1ccc(C(=O)Nc2cc3c(cc2Br)OCCO3)cn1. The number of carbonyl (C=O) groups excluding carboxylic acids is 1. The van der Waals surface area contributed by atoms with Gasteiger partial charge in [-0.15, -0.1) is 0 Å². The van der Waals surface area contributed by atoms with Crippen molar-refractivity contribution in [2.24, 2.45) is 0 Å². The summed E-state index contributed by atoms with van der Waals surface area (Å²) in [5.74, 6) is 1.07. The highest BCUT2D eigenvalue weighted by atomic mass is 79.9. The Morgan fingerprint density at radius 1 is 1.24 bits per heavy atom. The number of pyridine rings is 1. The van der Waals surface area contributed by atoms with Gasteiger partial charge in [-0.05, 0) is 35.0 Å². The van der Waals surface area contributed by atoms with E-state index in [4.69, 9.17) is 9.47 Å². The van der Waals surface area contributed by atoms with Crippen LogP contribution in [0.1, 0.15) is 16.1 Å². The quantitative estimate of drug-likeness (QED) is 0.905. The molecule has 0 unspecified atom stereocenters. The molecule has 0 bridgehead atoms. The van der Waals surface area contributed by atoms with Gasteiger partial charge in [0.2, 0.25) is 0 Å². The number of anilines is 1. The van der Waals surface area contributed by atoms with Crippen LogP contribution in [0.4, 0.5) is 5.69 Å². The van der Waals surface area contributed by atoms with Crippen molar-refractivity contribution < 1.29 is 14.3 Å². The number of nitrogens with zero attached hydrogens (tertiary/aromatic N) is 1. The lowest BCUT2D eigenvalue weighted by Gasteiger charge is -2.20. The Morgan fingerprint density at radius 3 is 2.62 bits per heavy atom. The minimum atomic E-state index is -0.222. The van der Waals surface area contributed by atoms with Crippen LogP contribution in [0.15, 0.2) is 34.9 Å². The summed E-state index contributed by atoms with van der Waals surface area (Å²) in [4.78, 5) is 16.3. The molecule has 1 aliphatic heterocycles. The number of hydrogen-bond acceptors (Lipinski definition) is 4. The maximum atomic E-state index is 12.2. The molecule has 1 N–H and O–H groups in total. The summed E-state index contributed by atoms with van der Waals surface area (Å²) in [6.45, 7) is 2.91. The van der Waals surface area contributed by atoms with Crippen molar-refractivity contribution in [3.8, 4) is 11.5 Å². The molecule has 2 heterocycles. The van der Waals surface area contributed by atoms with E-state index in [1.54, 1.807) is 30.5 Å². The molecule has 0 fully saturated rings. The second-order valence-electron chi connectivity index (χ2n) is 4.62. The minimum absolute atomic E-state index is 0.222. The molecule has 0 atom stereocenters. The number of hydrogen-bond donors (Lipinski definition) is 1. The standard InChI is InChI=1S/C15H13BrN2O3/c1-9-2-3-10(8-17-9)15(19)18-12-7-14-13(6-11(12)16)20-4-5-21-14/h2-3,6-8H,4-5H2,1H3,(H,18,19). The summed E-state index contributed by atoms with van der Waals surface area (Å²) < 4.78 is 11.7. The number of nitrogens with one attached hydrogen (secondary N) is 1. The number of benzene rings is 1. The highest BCUT2D eigenvalue weighted by molar-refractivity contribution is 9.10. The lowest BCUT2D eigenvalue weighted by Crippen LogP contribution is -2.17. The van der Waals surface area contributed by atoms with Crippen LogP contribution in [-0.2, 0) is 0 Å². The number of ether oxygens (including phenoxy) is 2. The van der Waals surface area contributed by atoms with E-state index in [1.165, 1.54) is 0 Å². The van der Waals surface area contributed by atoms with Gasteiger partial charge in [-0.2, -0.15) is 0 Å². The minimum Gasteiger partial charge on any atom is -0.486 e. The van der Waals surface area contributed by atoms with E-state index in [1.807, 2.05) is 6.92 Å². The number of carbonyl (C=O) groups is 1. The van der Waals surface area contributed by atoms with Crippen LogP contribution in [-0.4, -0.2) is 24.1 Å². The Labute approximate surface area is 130 Å². The maximum absolute atomic E-state index is 12.2. The number of halogens is 1. The molecule has 0 spiro atoms. The molecular formula is C15H13BrN2O3. The van der Waals surface area contributed by atoms with Gasteiger partial charge in [0.25, 0.3) is 5.91 Å². The molecule has 6 heteroatoms. The molecule has 1 aromatic carbocycles. The van der Waals surface area contributed by atoms with Crippen molar-refractivity contribution in [2.75, 3.05) is 18.5 Å². The smallest absolute Gasteiger partial charge is 0.257 e. The summed E-state index contributed by atoms with van der Waals surface area (Å²) in [5.41, 5.74) is 2.00. The van der Waals surface area contributed by atoms with Crippen LogP contribution in [0, 0.1) is 6.92 Å². The Bertz CT molecular complexity index is 686. The first-order valence-electron chi connectivity index (χ1n) is 6.46. The fourth-order valence-corrected chi connectivity index (χ4v) is 2.38. The second kappa shape index (κ2) is 5.73. The zero-order valence-corrected chi connectivity index (χ0v) is 12.9. The first kappa shape index (κ1) is 13.9. The molecule has 5 nitrogen and oxygen atoms in total. The molecule has 0 aliphatic carbocycles. The zero-order chi connectivity index (χ0) is 14.8. The second-order valence-corrected chi connectivity index (χ2v) is 5.47. The number of aromatic nitrogens is 1. The third-order valence-electron chi connectivity index (χ3n) is 3.05. The fourth-order valence-electron chi connectivity index (χ4n) is 1.96. The summed E-state index contributed by atoms with van der Waals surface area (Å²) in [7, 11) is 0. The van der Waals surface area contributed by atoms with Crippen LogP contribution in [0.5, 0.6) is 11.5 Å². The molecule has 0 saturated heterocycles. The third-order valence-corrected chi connectivity index (χ3v) is 3.71. The lowest BCUT2D eigenvalue weighted by atomic mass is 10.2. The van der Waals surface area contributed by atoms with Crippen LogP contribution in [0.25, 0.3) is 0 Å². The van der Waals surface area contributed by atoms with Crippen molar-refractivity contribution in [1.29, 1.82) is 0 Å². The van der Waals surface area contributed by atoms with Crippen molar-refractivity contribution in [1.82, 2.24) is 4.98 Å². The van der Waals surface area contributed by atoms with Gasteiger partial charge in [-0.3, -0.25) is 9.78 Å². The monoisotopic (exact) mass is 348 g/mol. The lowest BCUT2D eigenvalue weighted by molar-refractivity contribution is 0.102. The molecule has 1 amide bonds. The van der Waals surface area contributed by atoms with E-state index in [0.29, 0.717) is 36.0 Å². The van der Waals surface area contributed by atoms with E-state index in [-0.39, 0.29) is 5.91 Å². The Kier molecular flexibility index (Phi) is 3.79. The van der Waals surface area contributed by atoms with E-state index < -0.39 is 0 Å². The highest BCUT2D eigenvalue weighted by Crippen LogP contribution is 2.38. The van der Waals surface area contributed by atoms with E-state index in [0.717, 1.165) is 10.2 Å². The van der Waals surface area contributed by atoms with Gasteiger partial charge in [-0.25, -0.2) is 0 Å². The largest absolute Gasteiger partial charge is 0.486 e. The maximum Gasteiger partial charge on any atom is 0.257 e. The van der Waals surface area contributed by atoms with Crippen molar-refractivity contribution in [3.63, 3.8) is 0 Å². The van der Waals surface area contributed by atoms with Gasteiger partial charge in [-0.1, -0.05) is 0 Å². The van der Waals surface area contributed by atoms with Crippen molar-refractivity contribution >= 4 is 27.5 Å². The molecule has 0 radical (unpaired) electrons. The number of amides is 1. The molecule has 108 valence electrons. The predicted octanol–water partition coefficient (Wildman–Crippen LogP) is 3.18. The van der Waals surface area contributed by atoms with Crippen LogP contribution < -0.4 is 14.8 Å². The van der Waals surface area contributed by atoms with Crippen molar-refractivity contribution in [2.45, 2.75) is 6.92 Å². The summed E-state index contributed by atoms with van der Waals surface area (Å²) >= 11 is 3.42. The first-order valence-corrected chi connectivity index (χ1v) is 7.26. The predicted molar refractivity (Wildman–Crippen MR) is 82.1 cm³/mol. The fraction of sp³-hybridized carbons (Fsp3) is 0.200. The average molecular weight is 349 g/mol. The molecule has 1 aliphatic rings. The Morgan fingerprint density at radius 2 is 1.95 bits per heavy atom. The Hall–Kier alpha value is -2.08. The molecule has 3 rings (SSSR count). The van der Waals surface area contributed by atoms with Gasteiger partial charge < -0.3 is 14.8 Å². The number of fused-ring (bicyclic) bond motifs is 1. The van der Waals surface area contributed by atoms with E-state index >= 15 is 0 Å². The number of aryl methyl sites for hydroxylation is 1. The van der Waals surface area contributed by atoms with Crippen molar-refractivity contribution in [3.05, 3.63) is 46.2 Å². The van der Waals surface area contributed by atoms with Gasteiger partial charge in [0.15, 0.2) is 11.5 Å². The third kappa shape index (κ3) is 3.00. The van der Waals surface area contributed by atoms with Gasteiger partial charge in [0.05, 0.1) is 11.3 Å². The van der Waals surface area contributed by atoms with Crippen LogP contribution >= 0.6 is 15.9 Å². The summed E-state index contributed by atoms with van der Waals surface area (Å²) in [6.07, 6.45) is 1.55. The zero-order valence-electron chi connectivity index (χ0n) is 11.4. The normalized spacial score (nSPS) is 12.9. The Balaban J connectivity index is 1.84. The van der Waals surface area contributed by atoms with Gasteiger partial charge >= 0.3 is 0 Å². The number of rotatable bonds is 2. The van der Waals surface area contributed by atoms with Gasteiger partial charge in [0, 0.05) is 28.5 Å². The summed E-state index contributed by atoms with van der Waals surface area (Å²) in [5, 5.41) is 2.83. The highest BCUT2D eigenvalue weighted by Gasteiger charge is 2.16. The topological polar surface area (TPSA) is 60.5 Å². The first-order chi connectivity index (χ1) is 10.1. The summed E-state index contributed by atoms with van der Waals surface area (Å²) in [6, 6.07) is 7.08. The average Bonchev–Trinajstić information content (AvgIpc) is 2.48. The van der Waals surface area contributed by atoms with Crippen LogP contribution in [0.2, 0.25) is 0 Å². The van der Waals surface area contributed by atoms with Gasteiger partial charge in [0.1, 0.15) is 13.2 Å². The molecule has 0 saturated carbocycles. The molecular weight excluding hydrogens is 336 g/mol. The molecule has 1 aromatic heterocycles. The molecule has 21 heavy (non-hydrogen) atoms. The van der Waals surface area contributed by atoms with Crippen LogP contribution in [0.3, 0.4) is 0 Å².